The van der Waals surface area contributed by atoms with Crippen molar-refractivity contribution in [2.24, 2.45) is 0 Å². The third kappa shape index (κ3) is 3.44. The van der Waals surface area contributed by atoms with E-state index in [0.29, 0.717) is 22.4 Å². The number of aryl methyl sites for hydroxylation is 1. The van der Waals surface area contributed by atoms with Crippen LogP contribution in [0.15, 0.2) is 47.6 Å². The maximum absolute atomic E-state index is 13.9. The molecule has 0 bridgehead atoms. The summed E-state index contributed by atoms with van der Waals surface area (Å²) in [5, 5.41) is 9.38. The molecule has 25 heavy (non-hydrogen) atoms. The minimum atomic E-state index is -0.434. The van der Waals surface area contributed by atoms with Gasteiger partial charge < -0.3 is 0 Å². The Morgan fingerprint density at radius 3 is 2.72 bits per heavy atom. The molecule has 1 aliphatic rings. The molecule has 1 heterocycles. The zero-order valence-electron chi connectivity index (χ0n) is 13.7. The van der Waals surface area contributed by atoms with Gasteiger partial charge in [-0.15, -0.1) is 10.2 Å². The lowest BCUT2D eigenvalue weighted by molar-refractivity contribution is 0.591. The van der Waals surface area contributed by atoms with Gasteiger partial charge in [0, 0.05) is 22.9 Å². The minimum Gasteiger partial charge on any atom is -0.274 e. The molecule has 2 aromatic carbocycles. The van der Waals surface area contributed by atoms with Crippen LogP contribution in [0.5, 0.6) is 0 Å². The summed E-state index contributed by atoms with van der Waals surface area (Å²) >= 11 is 1.37. The topological polar surface area (TPSA) is 30.7 Å². The quantitative estimate of drug-likeness (QED) is 0.601. The van der Waals surface area contributed by atoms with Crippen LogP contribution in [0.25, 0.3) is 5.69 Å². The van der Waals surface area contributed by atoms with E-state index in [2.05, 4.69) is 16.3 Å². The van der Waals surface area contributed by atoms with E-state index in [1.165, 1.54) is 17.8 Å². The highest BCUT2D eigenvalue weighted by atomic mass is 32.2. The fourth-order valence-corrected chi connectivity index (χ4v) is 3.72. The highest BCUT2D eigenvalue weighted by Crippen LogP contribution is 2.41. The van der Waals surface area contributed by atoms with E-state index in [0.717, 1.165) is 42.0 Å². The van der Waals surface area contributed by atoms with Gasteiger partial charge >= 0.3 is 0 Å². The van der Waals surface area contributed by atoms with Crippen LogP contribution < -0.4 is 0 Å². The van der Waals surface area contributed by atoms with Gasteiger partial charge in [0.25, 0.3) is 0 Å². The molecule has 128 valence electrons. The van der Waals surface area contributed by atoms with Crippen molar-refractivity contribution in [2.75, 3.05) is 0 Å². The molecule has 0 aliphatic heterocycles. The van der Waals surface area contributed by atoms with Crippen molar-refractivity contribution in [2.45, 2.75) is 36.6 Å². The number of aromatic nitrogens is 3. The van der Waals surface area contributed by atoms with E-state index in [-0.39, 0.29) is 0 Å². The lowest BCUT2D eigenvalue weighted by Gasteiger charge is -2.11. The Balaban J connectivity index is 1.67. The standard InChI is InChI=1S/C19H17F2N3S/c1-12-3-2-4-16(9-12)24-18(13-5-6-13)22-23-19(24)25-11-14-10-15(20)7-8-17(14)21/h2-4,7-10,13H,5-6,11H2,1H3. The second kappa shape index (κ2) is 6.59. The number of hydrogen-bond acceptors (Lipinski definition) is 3. The summed E-state index contributed by atoms with van der Waals surface area (Å²) in [4.78, 5) is 0. The van der Waals surface area contributed by atoms with Gasteiger partial charge in [-0.3, -0.25) is 4.57 Å². The maximum Gasteiger partial charge on any atom is 0.196 e. The van der Waals surface area contributed by atoms with E-state index in [1.54, 1.807) is 0 Å². The number of nitrogens with zero attached hydrogens (tertiary/aromatic N) is 3. The van der Waals surface area contributed by atoms with E-state index < -0.39 is 11.6 Å². The summed E-state index contributed by atoms with van der Waals surface area (Å²) in [6.07, 6.45) is 2.24. The molecule has 4 rings (SSSR count). The molecule has 1 aromatic heterocycles. The van der Waals surface area contributed by atoms with Crippen molar-refractivity contribution in [3.05, 3.63) is 71.1 Å². The van der Waals surface area contributed by atoms with Crippen LogP contribution >= 0.6 is 11.8 Å². The molecule has 3 nitrogen and oxygen atoms in total. The molecule has 0 N–H and O–H groups in total. The summed E-state index contributed by atoms with van der Waals surface area (Å²) in [5.74, 6) is 0.855. The predicted molar refractivity (Wildman–Crippen MR) is 94.0 cm³/mol. The molecule has 0 spiro atoms. The molecule has 1 fully saturated rings. The zero-order valence-corrected chi connectivity index (χ0v) is 14.6. The first-order valence-electron chi connectivity index (χ1n) is 8.21. The van der Waals surface area contributed by atoms with Gasteiger partial charge in [-0.05, 0) is 55.7 Å². The normalized spacial score (nSPS) is 14.0. The van der Waals surface area contributed by atoms with Crippen LogP contribution in [-0.2, 0) is 5.75 Å². The Kier molecular flexibility index (Phi) is 4.29. The number of hydrogen-bond donors (Lipinski definition) is 0. The highest BCUT2D eigenvalue weighted by molar-refractivity contribution is 7.98. The molecule has 1 aliphatic carbocycles. The zero-order chi connectivity index (χ0) is 17.4. The molecule has 1 saturated carbocycles. The molecular weight excluding hydrogens is 340 g/mol. The van der Waals surface area contributed by atoms with Crippen molar-refractivity contribution >= 4 is 11.8 Å². The van der Waals surface area contributed by atoms with Crippen LogP contribution in [-0.4, -0.2) is 14.8 Å². The second-order valence-corrected chi connectivity index (χ2v) is 7.26. The van der Waals surface area contributed by atoms with Gasteiger partial charge in [0.2, 0.25) is 0 Å². The van der Waals surface area contributed by atoms with Gasteiger partial charge in [0.05, 0.1) is 0 Å². The fraction of sp³-hybridized carbons (Fsp3) is 0.263. The van der Waals surface area contributed by atoms with E-state index in [1.807, 2.05) is 29.7 Å². The fourth-order valence-electron chi connectivity index (χ4n) is 2.79. The molecule has 3 aromatic rings. The maximum atomic E-state index is 13.9. The second-order valence-electron chi connectivity index (χ2n) is 6.31. The largest absolute Gasteiger partial charge is 0.274 e. The van der Waals surface area contributed by atoms with Gasteiger partial charge in [-0.1, -0.05) is 23.9 Å². The summed E-state index contributed by atoms with van der Waals surface area (Å²) in [7, 11) is 0. The molecule has 6 heteroatoms. The molecule has 0 unspecified atom stereocenters. The monoisotopic (exact) mass is 357 g/mol. The van der Waals surface area contributed by atoms with Crippen molar-refractivity contribution in [3.8, 4) is 5.69 Å². The molecular formula is C19H17F2N3S. The Labute approximate surface area is 149 Å². The first kappa shape index (κ1) is 16.3. The van der Waals surface area contributed by atoms with Gasteiger partial charge in [-0.25, -0.2) is 8.78 Å². The van der Waals surface area contributed by atoms with E-state index in [4.69, 9.17) is 0 Å². The lowest BCUT2D eigenvalue weighted by atomic mass is 10.2. The average molecular weight is 357 g/mol. The highest BCUT2D eigenvalue weighted by Gasteiger charge is 2.31. The smallest absolute Gasteiger partial charge is 0.196 e. The summed E-state index contributed by atoms with van der Waals surface area (Å²) in [6, 6.07) is 11.7. The first-order chi connectivity index (χ1) is 12.1. The van der Waals surface area contributed by atoms with Gasteiger partial charge in [0.15, 0.2) is 5.16 Å². The van der Waals surface area contributed by atoms with Gasteiger partial charge in [-0.2, -0.15) is 0 Å². The Morgan fingerprint density at radius 1 is 1.12 bits per heavy atom. The van der Waals surface area contributed by atoms with Gasteiger partial charge in [0.1, 0.15) is 17.5 Å². The average Bonchev–Trinajstić information content (AvgIpc) is 3.35. The SMILES string of the molecule is Cc1cccc(-n2c(SCc3cc(F)ccc3F)nnc2C2CC2)c1. The van der Waals surface area contributed by atoms with Crippen LogP contribution in [0.1, 0.15) is 35.7 Å². The van der Waals surface area contributed by atoms with Crippen molar-refractivity contribution in [1.29, 1.82) is 0 Å². The van der Waals surface area contributed by atoms with Crippen molar-refractivity contribution in [3.63, 3.8) is 0 Å². The Morgan fingerprint density at radius 2 is 1.96 bits per heavy atom. The van der Waals surface area contributed by atoms with E-state index >= 15 is 0 Å². The Bertz CT molecular complexity index is 919. The summed E-state index contributed by atoms with van der Waals surface area (Å²) in [5.41, 5.74) is 2.49. The van der Waals surface area contributed by atoms with Crippen LogP contribution in [0.2, 0.25) is 0 Å². The molecule has 0 saturated heterocycles. The molecule has 0 atom stereocenters. The predicted octanol–water partition coefficient (Wildman–Crippen LogP) is 5.02. The molecule has 0 radical (unpaired) electrons. The number of rotatable bonds is 5. The summed E-state index contributed by atoms with van der Waals surface area (Å²) < 4.78 is 29.3. The third-order valence-corrected chi connectivity index (χ3v) is 5.20. The van der Waals surface area contributed by atoms with E-state index in [9.17, 15) is 8.78 Å². The first-order valence-corrected chi connectivity index (χ1v) is 9.19. The van der Waals surface area contributed by atoms with Crippen LogP contribution in [0, 0.1) is 18.6 Å². The van der Waals surface area contributed by atoms with Crippen molar-refractivity contribution in [1.82, 2.24) is 14.8 Å². The lowest BCUT2D eigenvalue weighted by Crippen LogP contribution is -2.02. The van der Waals surface area contributed by atoms with Crippen molar-refractivity contribution < 1.29 is 8.78 Å². The Hall–Kier alpha value is -2.21. The number of thioether (sulfide) groups is 1. The minimum absolute atomic E-state index is 0.304. The number of benzene rings is 2. The van der Waals surface area contributed by atoms with Crippen LogP contribution in [0.4, 0.5) is 8.78 Å². The van der Waals surface area contributed by atoms with Crippen LogP contribution in [0.3, 0.4) is 0 Å². The summed E-state index contributed by atoms with van der Waals surface area (Å²) in [6.45, 7) is 2.04. The molecule has 0 amide bonds. The third-order valence-electron chi connectivity index (χ3n) is 4.23. The number of halogens is 2.